The highest BCUT2D eigenvalue weighted by atomic mass is 16.5. The maximum Gasteiger partial charge on any atom is 0.338 e. The molecule has 0 N–H and O–H groups in total. The van der Waals surface area contributed by atoms with Crippen molar-refractivity contribution in [1.29, 1.82) is 0 Å². The van der Waals surface area contributed by atoms with Crippen LogP contribution in [0.3, 0.4) is 0 Å². The third-order valence-corrected chi connectivity index (χ3v) is 7.68. The number of Topliss-reactive ketones (excluding diaryl/α,β-unsaturated/α-hetero) is 1. The molecule has 0 saturated heterocycles. The Morgan fingerprint density at radius 2 is 1.15 bits per heavy atom. The number of allylic oxidation sites excluding steroid dienone is 19. The molecule has 4 heteroatoms. The van der Waals surface area contributed by atoms with Gasteiger partial charge in [0.2, 0.25) is 0 Å². The highest BCUT2D eigenvalue weighted by Crippen LogP contribution is 2.21. The lowest BCUT2D eigenvalue weighted by Gasteiger charge is -2.22. The predicted molar refractivity (Wildman–Crippen MR) is 197 cm³/mol. The van der Waals surface area contributed by atoms with Crippen LogP contribution in [-0.2, 0) is 14.3 Å². The summed E-state index contributed by atoms with van der Waals surface area (Å²) in [7, 11) is 3.08. The molecule has 46 heavy (non-hydrogen) atoms. The molecule has 0 aromatic heterocycles. The fourth-order valence-corrected chi connectivity index (χ4v) is 4.07. The summed E-state index contributed by atoms with van der Waals surface area (Å²) in [6.07, 6.45) is 31.7. The van der Waals surface area contributed by atoms with Crippen LogP contribution >= 0.6 is 0 Å². The van der Waals surface area contributed by atoms with Gasteiger partial charge in [0.1, 0.15) is 0 Å². The van der Waals surface area contributed by atoms with E-state index in [4.69, 9.17) is 9.47 Å². The Labute approximate surface area is 278 Å². The van der Waals surface area contributed by atoms with Gasteiger partial charge in [0, 0.05) is 13.5 Å². The summed E-state index contributed by atoms with van der Waals surface area (Å²) in [6.45, 7) is 18.0. The molecule has 246 valence electrons. The van der Waals surface area contributed by atoms with Crippen molar-refractivity contribution in [3.8, 4) is 0 Å². The van der Waals surface area contributed by atoms with Crippen molar-refractivity contribution in [2.45, 2.75) is 80.8 Å². The van der Waals surface area contributed by atoms with Gasteiger partial charge in [0.25, 0.3) is 0 Å². The van der Waals surface area contributed by atoms with E-state index < -0.39 is 0 Å². The third kappa shape index (κ3) is 15.6. The minimum Gasteiger partial charge on any atom is -0.465 e. The van der Waals surface area contributed by atoms with Gasteiger partial charge in [-0.1, -0.05) is 119 Å². The van der Waals surface area contributed by atoms with E-state index >= 15 is 0 Å². The summed E-state index contributed by atoms with van der Waals surface area (Å²) in [5.41, 5.74) is 8.67. The van der Waals surface area contributed by atoms with Crippen LogP contribution in [0.5, 0.6) is 0 Å². The number of ether oxygens (including phenoxy) is 2. The molecule has 0 amide bonds. The molecule has 0 bridgehead atoms. The summed E-state index contributed by atoms with van der Waals surface area (Å²) in [5, 5.41) is 0. The maximum absolute atomic E-state index is 12.3. The number of benzene rings is 1. The van der Waals surface area contributed by atoms with Crippen molar-refractivity contribution >= 4 is 17.8 Å². The number of carbonyl (C=O) groups excluding carboxylic acids is 2. The monoisotopic (exact) mass is 622 g/mol. The normalized spacial score (nSPS) is 14.6. The topological polar surface area (TPSA) is 52.6 Å². The average Bonchev–Trinajstić information content (AvgIpc) is 3.02. The summed E-state index contributed by atoms with van der Waals surface area (Å²) in [4.78, 5) is 24.2. The molecule has 1 rings (SSSR count). The van der Waals surface area contributed by atoms with Gasteiger partial charge in [-0.15, -0.1) is 0 Å². The number of esters is 1. The van der Waals surface area contributed by atoms with Crippen LogP contribution in [-0.4, -0.2) is 31.6 Å². The van der Waals surface area contributed by atoms with Crippen LogP contribution in [0.1, 0.15) is 88.4 Å². The lowest BCUT2D eigenvalue weighted by atomic mass is 9.97. The Kier molecular flexibility index (Phi) is 17.9. The van der Waals surface area contributed by atoms with Crippen LogP contribution in [0.2, 0.25) is 0 Å². The lowest BCUT2D eigenvalue weighted by Crippen LogP contribution is -2.23. The molecule has 0 aliphatic carbocycles. The second-order valence-electron chi connectivity index (χ2n) is 12.1. The van der Waals surface area contributed by atoms with Crippen LogP contribution in [0.15, 0.2) is 125 Å². The molecule has 0 atom stereocenters. The van der Waals surface area contributed by atoms with E-state index in [9.17, 15) is 9.59 Å². The predicted octanol–water partition coefficient (Wildman–Crippen LogP) is 10.8. The van der Waals surface area contributed by atoms with Gasteiger partial charge in [0.05, 0.1) is 18.3 Å². The summed E-state index contributed by atoms with van der Waals surface area (Å²) < 4.78 is 10.3. The number of rotatable bonds is 16. The van der Waals surface area contributed by atoms with Gasteiger partial charge < -0.3 is 9.47 Å². The number of methoxy groups -OCH3 is 2. The molecule has 1 aromatic carbocycles. The number of hydrogen-bond donors (Lipinski definition) is 0. The van der Waals surface area contributed by atoms with E-state index in [0.717, 1.165) is 44.6 Å². The molecule has 0 aliphatic rings. The van der Waals surface area contributed by atoms with Crippen LogP contribution in [0.4, 0.5) is 0 Å². The van der Waals surface area contributed by atoms with Crippen molar-refractivity contribution in [3.05, 3.63) is 147 Å². The van der Waals surface area contributed by atoms with Crippen LogP contribution in [0.25, 0.3) is 6.08 Å². The first-order valence-electron chi connectivity index (χ1n) is 15.7. The Morgan fingerprint density at radius 3 is 1.65 bits per heavy atom. The van der Waals surface area contributed by atoms with E-state index in [1.54, 1.807) is 7.11 Å². The van der Waals surface area contributed by atoms with E-state index in [2.05, 4.69) is 63.3 Å². The molecule has 0 spiro atoms. The molecule has 0 heterocycles. The van der Waals surface area contributed by atoms with Crippen molar-refractivity contribution in [2.75, 3.05) is 14.2 Å². The van der Waals surface area contributed by atoms with Gasteiger partial charge in [-0.25, -0.2) is 4.79 Å². The smallest absolute Gasteiger partial charge is 0.338 e. The Balaban J connectivity index is 2.65. The second-order valence-corrected chi connectivity index (χ2v) is 12.1. The van der Waals surface area contributed by atoms with Gasteiger partial charge >= 0.3 is 5.97 Å². The highest BCUT2D eigenvalue weighted by Gasteiger charge is 2.18. The largest absolute Gasteiger partial charge is 0.465 e. The van der Waals surface area contributed by atoms with Gasteiger partial charge in [0.15, 0.2) is 5.78 Å². The van der Waals surface area contributed by atoms with E-state index in [-0.39, 0.29) is 17.4 Å². The van der Waals surface area contributed by atoms with Gasteiger partial charge in [-0.3, -0.25) is 4.79 Å². The Hall–Kier alpha value is -4.28. The van der Waals surface area contributed by atoms with Crippen LogP contribution in [0, 0.1) is 13.8 Å². The lowest BCUT2D eigenvalue weighted by molar-refractivity contribution is -0.116. The van der Waals surface area contributed by atoms with Gasteiger partial charge in [-0.05, 0) is 97.1 Å². The molecule has 4 nitrogen and oxygen atoms in total. The SMILES string of the molecule is COC(=O)c1ccc(/C=C/C(C)=C/C=C/C(C)=C/C=C/C=C(C)/C=C/C=C(C)/C=C/C=C(\C)C(=O)CCC(C)(C)OC)c(C)c1C. The third-order valence-electron chi connectivity index (χ3n) is 7.68. The summed E-state index contributed by atoms with van der Waals surface area (Å²) in [6, 6.07) is 3.77. The number of carbonyl (C=O) groups is 2. The molecule has 0 aliphatic heterocycles. The maximum atomic E-state index is 12.3. The molecular weight excluding hydrogens is 568 g/mol. The first-order valence-corrected chi connectivity index (χ1v) is 15.7. The van der Waals surface area contributed by atoms with Crippen molar-refractivity contribution < 1.29 is 19.1 Å². The summed E-state index contributed by atoms with van der Waals surface area (Å²) in [5.74, 6) is -0.161. The van der Waals surface area contributed by atoms with Crippen LogP contribution < -0.4 is 0 Å². The zero-order chi connectivity index (χ0) is 34.7. The summed E-state index contributed by atoms with van der Waals surface area (Å²) >= 11 is 0. The zero-order valence-corrected chi connectivity index (χ0v) is 29.9. The van der Waals surface area contributed by atoms with Gasteiger partial charge in [-0.2, -0.15) is 0 Å². The number of hydrogen-bond acceptors (Lipinski definition) is 4. The van der Waals surface area contributed by atoms with E-state index in [0.29, 0.717) is 18.4 Å². The minimum absolute atomic E-state index is 0.148. The van der Waals surface area contributed by atoms with E-state index in [1.165, 1.54) is 7.11 Å². The number of ketones is 1. The molecule has 0 radical (unpaired) electrons. The quantitative estimate of drug-likeness (QED) is 0.105. The van der Waals surface area contributed by atoms with Crippen molar-refractivity contribution in [2.24, 2.45) is 0 Å². The first-order chi connectivity index (χ1) is 21.7. The Morgan fingerprint density at radius 1 is 0.674 bits per heavy atom. The fraction of sp³-hybridized carbons (Fsp3) is 0.333. The van der Waals surface area contributed by atoms with E-state index in [1.807, 2.05) is 102 Å². The second kappa shape index (κ2) is 20.7. The molecule has 0 fully saturated rings. The molecule has 0 unspecified atom stereocenters. The highest BCUT2D eigenvalue weighted by molar-refractivity contribution is 5.95. The average molecular weight is 623 g/mol. The fourth-order valence-electron chi connectivity index (χ4n) is 4.07. The standard InChI is InChI=1S/C42H54O4/c1-31(19-14-21-33(3)23-16-24-35(5)40(43)29-30-42(8,9)46-11)17-12-13-18-32(2)20-15-22-34(4)25-26-38-27-28-39(41(44)45-10)37(7)36(38)6/h12-28H,29-30H2,1-11H3/b13-12+,19-14+,20-15+,23-16+,26-25+,31-17+,32-18+,33-21+,34-22+,35-24+. The Bertz CT molecular complexity index is 1510. The zero-order valence-electron chi connectivity index (χ0n) is 29.9. The first kappa shape index (κ1) is 39.7. The molecular formula is C42H54O4. The molecule has 0 saturated carbocycles. The minimum atomic E-state index is -0.309. The van der Waals surface area contributed by atoms with Crippen molar-refractivity contribution in [3.63, 3.8) is 0 Å². The van der Waals surface area contributed by atoms with Crippen molar-refractivity contribution in [1.82, 2.24) is 0 Å². The molecule has 1 aromatic rings.